The van der Waals surface area contributed by atoms with Gasteiger partial charge in [0, 0.05) is 24.8 Å². The molecule has 5 N–H and O–H groups in total. The molecule has 0 aromatic carbocycles. The van der Waals surface area contributed by atoms with E-state index in [4.69, 9.17) is 10.2 Å². The number of ether oxygens (including phenoxy) is 1. The summed E-state index contributed by atoms with van der Waals surface area (Å²) in [4.78, 5) is 44.0. The molecule has 0 fully saturated rings. The van der Waals surface area contributed by atoms with Crippen LogP contribution in [0.1, 0.15) is 12.8 Å². The van der Waals surface area contributed by atoms with Crippen molar-refractivity contribution >= 4 is 23.9 Å². The molecule has 0 bridgehead atoms. The molecule has 0 aliphatic heterocycles. The summed E-state index contributed by atoms with van der Waals surface area (Å²) in [6.45, 7) is -1.08. The van der Waals surface area contributed by atoms with Crippen LogP contribution in [-0.4, -0.2) is 86.0 Å². The molecule has 0 radical (unpaired) electrons. The van der Waals surface area contributed by atoms with Crippen LogP contribution in [0.2, 0.25) is 0 Å². The number of carboxylic acid groups (broad SMARTS) is 3. The van der Waals surface area contributed by atoms with E-state index in [9.17, 15) is 49.8 Å². The summed E-state index contributed by atoms with van der Waals surface area (Å²) >= 11 is 0. The molecule has 0 aromatic rings. The molecule has 0 amide bonds. The molecule has 0 unspecified atom stereocenters. The molecule has 16 heteroatoms. The van der Waals surface area contributed by atoms with Gasteiger partial charge in [0.1, 0.15) is 18.3 Å². The molecule has 144 valence electrons. The van der Waals surface area contributed by atoms with Gasteiger partial charge in [-0.1, -0.05) is 0 Å². The number of carbonyl (C=O) groups excluding carboxylic acids is 4. The minimum absolute atomic E-state index is 0. The average Bonchev–Trinajstić information content (AvgIpc) is 2.50. The topological polar surface area (TPSA) is 248 Å². The minimum atomic E-state index is -3.32. The Balaban J connectivity index is -0.000000960. The molecular weight excluding hydrogens is 421 g/mol. The zero-order chi connectivity index (χ0) is 19.9. The number of carbonyl (C=O) groups is 4. The third-order valence-electron chi connectivity index (χ3n) is 3.02. The number of aliphatic carboxylic acids is 3. The molecule has 0 rings (SSSR count). The summed E-state index contributed by atoms with van der Waals surface area (Å²) in [5, 5.41) is 78.2. The van der Waals surface area contributed by atoms with E-state index in [1.165, 1.54) is 0 Å². The molecule has 0 saturated carbocycles. The molecule has 0 heterocycles. The smallest absolute Gasteiger partial charge is 0.550 e. The van der Waals surface area contributed by atoms with Crippen LogP contribution in [0.4, 0.5) is 0 Å². The Hall–Kier alpha value is 0.680. The Morgan fingerprint density at radius 1 is 0.821 bits per heavy atom. The van der Waals surface area contributed by atoms with Crippen molar-refractivity contribution in [1.29, 1.82) is 0 Å². The van der Waals surface area contributed by atoms with Crippen molar-refractivity contribution in [2.45, 2.75) is 42.9 Å². The second kappa shape index (κ2) is 16.4. The van der Waals surface area contributed by atoms with E-state index in [0.29, 0.717) is 0 Å². The van der Waals surface area contributed by atoms with Crippen molar-refractivity contribution in [3.63, 3.8) is 0 Å². The summed E-state index contributed by atoms with van der Waals surface area (Å²) < 4.78 is 4.16. The quantitative estimate of drug-likeness (QED) is 0.149. The van der Waals surface area contributed by atoms with Gasteiger partial charge in [0.15, 0.2) is 11.7 Å². The molecule has 0 aliphatic rings. The van der Waals surface area contributed by atoms with E-state index in [1.54, 1.807) is 0 Å². The molecule has 28 heavy (non-hydrogen) atoms. The zero-order valence-electron chi connectivity index (χ0n) is 15.4. The van der Waals surface area contributed by atoms with Gasteiger partial charge in [-0.2, -0.15) is 0 Å². The molecular formula is C12H15Na3O13. The van der Waals surface area contributed by atoms with Crippen molar-refractivity contribution in [3.05, 3.63) is 0 Å². The Kier molecular flexibility index (Phi) is 21.1. The summed E-state index contributed by atoms with van der Waals surface area (Å²) in [6, 6.07) is 0. The van der Waals surface area contributed by atoms with Crippen LogP contribution in [0.15, 0.2) is 0 Å². The minimum Gasteiger partial charge on any atom is -0.550 e. The monoisotopic (exact) mass is 436 g/mol. The Morgan fingerprint density at radius 2 is 1.21 bits per heavy atom. The predicted molar refractivity (Wildman–Crippen MR) is 64.2 cm³/mol. The molecule has 0 aromatic heterocycles. The maximum Gasteiger partial charge on any atom is 1.00 e. The Bertz CT molecular complexity index is 513. The second-order valence-electron chi connectivity index (χ2n) is 4.98. The fraction of sp³-hybridized carbons (Fsp3) is 0.667. The number of carboxylic acids is 3. The van der Waals surface area contributed by atoms with E-state index in [0.717, 1.165) is 0 Å². The van der Waals surface area contributed by atoms with Gasteiger partial charge >= 0.3 is 94.6 Å². The fourth-order valence-corrected chi connectivity index (χ4v) is 1.70. The van der Waals surface area contributed by atoms with Crippen LogP contribution in [-0.2, 0) is 23.9 Å². The van der Waals surface area contributed by atoms with E-state index in [1.807, 2.05) is 0 Å². The number of hydrogen-bond acceptors (Lipinski definition) is 13. The number of esters is 1. The van der Waals surface area contributed by atoms with Gasteiger partial charge in [0.25, 0.3) is 0 Å². The van der Waals surface area contributed by atoms with Gasteiger partial charge < -0.3 is 60.0 Å². The van der Waals surface area contributed by atoms with E-state index in [2.05, 4.69) is 4.74 Å². The molecule has 0 saturated heterocycles. The van der Waals surface area contributed by atoms with Gasteiger partial charge in [0.2, 0.25) is 0 Å². The van der Waals surface area contributed by atoms with Crippen LogP contribution in [0.5, 0.6) is 0 Å². The average molecular weight is 436 g/mol. The largest absolute Gasteiger partial charge is 1.00 e. The number of aliphatic hydroxyl groups excluding tert-OH is 5. The molecule has 0 spiro atoms. The van der Waals surface area contributed by atoms with Crippen molar-refractivity contribution < 1.29 is 153 Å². The van der Waals surface area contributed by atoms with Crippen LogP contribution < -0.4 is 104 Å². The number of aliphatic hydroxyl groups is 5. The maximum absolute atomic E-state index is 11.7. The first kappa shape index (κ1) is 36.1. The number of hydrogen-bond donors (Lipinski definition) is 5. The van der Waals surface area contributed by atoms with Crippen LogP contribution in [0.25, 0.3) is 0 Å². The first-order valence-corrected chi connectivity index (χ1v) is 6.55. The van der Waals surface area contributed by atoms with Crippen molar-refractivity contribution in [1.82, 2.24) is 0 Å². The Morgan fingerprint density at radius 3 is 1.50 bits per heavy atom. The summed E-state index contributed by atoms with van der Waals surface area (Å²) in [6.07, 6.45) is -12.9. The predicted octanol–water partition coefficient (Wildman–Crippen LogP) is -17.3. The zero-order valence-corrected chi connectivity index (χ0v) is 21.4. The normalized spacial score (nSPS) is 14.6. The number of rotatable bonds is 11. The van der Waals surface area contributed by atoms with Gasteiger partial charge in [-0.15, -0.1) is 0 Å². The third-order valence-corrected chi connectivity index (χ3v) is 3.02. The van der Waals surface area contributed by atoms with Gasteiger partial charge in [-0.25, -0.2) is 4.79 Å². The van der Waals surface area contributed by atoms with Crippen molar-refractivity contribution in [3.8, 4) is 0 Å². The summed E-state index contributed by atoms with van der Waals surface area (Å²) in [5.41, 5.74) is -3.32. The van der Waals surface area contributed by atoms with Crippen LogP contribution in [0, 0.1) is 0 Å². The van der Waals surface area contributed by atoms with Crippen molar-refractivity contribution in [2.24, 2.45) is 0 Å². The van der Waals surface area contributed by atoms with Gasteiger partial charge in [-0.3, -0.25) is 0 Å². The summed E-state index contributed by atoms with van der Waals surface area (Å²) in [5.74, 6) is -8.82. The second-order valence-corrected chi connectivity index (χ2v) is 4.98. The first-order chi connectivity index (χ1) is 11.4. The Labute approximate surface area is 224 Å². The summed E-state index contributed by atoms with van der Waals surface area (Å²) in [7, 11) is 0. The third kappa shape index (κ3) is 11.2. The maximum atomic E-state index is 11.7. The molecule has 13 nitrogen and oxygen atoms in total. The van der Waals surface area contributed by atoms with Gasteiger partial charge in [-0.05, 0) is 0 Å². The van der Waals surface area contributed by atoms with Crippen LogP contribution in [0.3, 0.4) is 0 Å². The van der Waals surface area contributed by atoms with E-state index in [-0.39, 0.29) is 88.7 Å². The van der Waals surface area contributed by atoms with Crippen LogP contribution >= 0.6 is 0 Å². The van der Waals surface area contributed by atoms with E-state index < -0.39 is 73.3 Å². The van der Waals surface area contributed by atoms with E-state index >= 15 is 0 Å². The standard InChI is InChI=1S/C12H18O13.3Na/c13-3-4(14)7(19)8(20)9(21)10(22)25-12(11(23)24,1-5(15)16)2-6(17)18;;;/h4,7-9,13-14,19-21H,1-3H2,(H,15,16)(H,17,18)(H,23,24);;;/q;3*+1/p-3/t4-,7-,8+,9-;;;/m1.../s1. The molecule has 0 aliphatic carbocycles. The van der Waals surface area contributed by atoms with Crippen molar-refractivity contribution in [2.75, 3.05) is 6.61 Å². The SMILES string of the molecule is O=C([O-])CC(CC(=O)[O-])(OC(=O)[C@H](O)[C@@H](O)[C@H](O)[C@H](O)CO)C(=O)[O-].[Na+].[Na+].[Na+]. The first-order valence-electron chi connectivity index (χ1n) is 6.55. The van der Waals surface area contributed by atoms with Gasteiger partial charge in [0.05, 0.1) is 12.6 Å². The molecule has 4 atom stereocenters. The fourth-order valence-electron chi connectivity index (χ4n) is 1.70.